The molecule has 0 unspecified atom stereocenters. The molecular formula is C24H20FN5O2. The summed E-state index contributed by atoms with van der Waals surface area (Å²) in [4.78, 5) is 12.4. The molecule has 7 nitrogen and oxygen atoms in total. The lowest BCUT2D eigenvalue weighted by atomic mass is 10.2. The molecule has 0 bridgehead atoms. The first-order chi connectivity index (χ1) is 15.6. The van der Waals surface area contributed by atoms with E-state index in [4.69, 9.17) is 4.74 Å². The van der Waals surface area contributed by atoms with Gasteiger partial charge < -0.3 is 10.1 Å². The lowest BCUT2D eigenvalue weighted by molar-refractivity contribution is -0.111. The van der Waals surface area contributed by atoms with E-state index in [2.05, 4.69) is 20.8 Å². The van der Waals surface area contributed by atoms with Gasteiger partial charge in [-0.3, -0.25) is 4.79 Å². The molecule has 1 heterocycles. The summed E-state index contributed by atoms with van der Waals surface area (Å²) in [5, 5.41) is 13.8. The summed E-state index contributed by atoms with van der Waals surface area (Å²) < 4.78 is 21.5. The van der Waals surface area contributed by atoms with Crippen LogP contribution < -0.4 is 10.1 Å². The van der Waals surface area contributed by atoms with Gasteiger partial charge in [0.05, 0.1) is 11.4 Å². The maximum atomic E-state index is 14.2. The Morgan fingerprint density at radius 3 is 2.72 bits per heavy atom. The van der Waals surface area contributed by atoms with Crippen LogP contribution in [0.25, 0.3) is 11.8 Å². The third-order valence-corrected chi connectivity index (χ3v) is 4.61. The number of nitrogens with zero attached hydrogens (tertiary/aromatic N) is 4. The van der Waals surface area contributed by atoms with E-state index in [1.165, 1.54) is 29.0 Å². The van der Waals surface area contributed by atoms with Crippen LogP contribution in [-0.4, -0.2) is 26.1 Å². The van der Waals surface area contributed by atoms with E-state index >= 15 is 0 Å². The lowest BCUT2D eigenvalue weighted by Crippen LogP contribution is -2.10. The molecule has 32 heavy (non-hydrogen) atoms. The fraction of sp³-hybridized carbons (Fsp3) is 0.0833. The number of carbonyl (C=O) groups excluding carboxylic acids is 1. The zero-order valence-corrected chi connectivity index (χ0v) is 17.3. The Morgan fingerprint density at radius 1 is 1.09 bits per heavy atom. The summed E-state index contributed by atoms with van der Waals surface area (Å²) in [6.07, 6.45) is 2.97. The van der Waals surface area contributed by atoms with Gasteiger partial charge in [-0.2, -0.15) is 4.68 Å². The van der Waals surface area contributed by atoms with Crippen molar-refractivity contribution in [2.24, 2.45) is 0 Å². The number of anilines is 1. The topological polar surface area (TPSA) is 81.9 Å². The van der Waals surface area contributed by atoms with Crippen molar-refractivity contribution in [3.63, 3.8) is 0 Å². The second-order valence-electron chi connectivity index (χ2n) is 6.97. The largest absolute Gasteiger partial charge is 0.489 e. The molecule has 160 valence electrons. The fourth-order valence-corrected chi connectivity index (χ4v) is 3.01. The normalized spacial score (nSPS) is 10.9. The molecule has 0 saturated heterocycles. The molecule has 4 rings (SSSR count). The van der Waals surface area contributed by atoms with Crippen molar-refractivity contribution in [1.29, 1.82) is 0 Å². The molecule has 3 aromatic carbocycles. The van der Waals surface area contributed by atoms with Gasteiger partial charge in [0, 0.05) is 6.08 Å². The van der Waals surface area contributed by atoms with Crippen LogP contribution in [0, 0.1) is 12.7 Å². The first-order valence-electron chi connectivity index (χ1n) is 9.89. The number of carbonyl (C=O) groups is 1. The highest BCUT2D eigenvalue weighted by atomic mass is 19.1. The predicted octanol–water partition coefficient (Wildman–Crippen LogP) is 4.34. The maximum Gasteiger partial charge on any atom is 0.248 e. The van der Waals surface area contributed by atoms with Crippen molar-refractivity contribution in [2.75, 3.05) is 5.32 Å². The zero-order chi connectivity index (χ0) is 22.3. The number of benzene rings is 3. The van der Waals surface area contributed by atoms with E-state index in [1.54, 1.807) is 13.0 Å². The van der Waals surface area contributed by atoms with Gasteiger partial charge in [0.25, 0.3) is 0 Å². The smallest absolute Gasteiger partial charge is 0.248 e. The van der Waals surface area contributed by atoms with Crippen molar-refractivity contribution in [3.05, 3.63) is 102 Å². The summed E-state index contributed by atoms with van der Waals surface area (Å²) in [6, 6.07) is 21.5. The van der Waals surface area contributed by atoms with Crippen molar-refractivity contribution in [2.45, 2.75) is 13.5 Å². The molecule has 1 aromatic heterocycles. The van der Waals surface area contributed by atoms with Crippen LogP contribution in [0.1, 0.15) is 17.0 Å². The molecule has 0 aliphatic heterocycles. The quantitative estimate of drug-likeness (QED) is 0.442. The molecule has 0 aliphatic rings. The minimum Gasteiger partial charge on any atom is -0.489 e. The first kappa shape index (κ1) is 20.9. The van der Waals surface area contributed by atoms with E-state index in [-0.39, 0.29) is 5.69 Å². The molecule has 0 spiro atoms. The SMILES string of the molecule is Cc1nnnn1-c1ccc(F)c(NC(=O)/C=C/c2cccc(OCc3ccccc3)c2)c1. The third kappa shape index (κ3) is 5.23. The highest BCUT2D eigenvalue weighted by Gasteiger charge is 2.10. The monoisotopic (exact) mass is 429 g/mol. The summed E-state index contributed by atoms with van der Waals surface area (Å²) in [5.41, 5.74) is 2.42. The fourth-order valence-electron chi connectivity index (χ4n) is 3.01. The van der Waals surface area contributed by atoms with E-state index in [0.29, 0.717) is 23.9 Å². The molecule has 1 amide bonds. The van der Waals surface area contributed by atoms with Crippen LogP contribution in [-0.2, 0) is 11.4 Å². The number of aryl methyl sites for hydroxylation is 1. The number of hydrogen-bond donors (Lipinski definition) is 1. The Hall–Kier alpha value is -4.33. The van der Waals surface area contributed by atoms with Crippen molar-refractivity contribution in [1.82, 2.24) is 20.2 Å². The highest BCUT2D eigenvalue weighted by molar-refractivity contribution is 6.02. The van der Waals surface area contributed by atoms with Crippen LogP contribution in [0.5, 0.6) is 5.75 Å². The molecule has 0 radical (unpaired) electrons. The van der Waals surface area contributed by atoms with Crippen molar-refractivity contribution < 1.29 is 13.9 Å². The van der Waals surface area contributed by atoms with Crippen molar-refractivity contribution in [3.8, 4) is 11.4 Å². The molecular weight excluding hydrogens is 409 g/mol. The average molecular weight is 429 g/mol. The van der Waals surface area contributed by atoms with E-state index in [9.17, 15) is 9.18 Å². The van der Waals surface area contributed by atoms with E-state index < -0.39 is 11.7 Å². The minimum atomic E-state index is -0.558. The number of ether oxygens (including phenoxy) is 1. The average Bonchev–Trinajstić information content (AvgIpc) is 3.24. The predicted molar refractivity (Wildman–Crippen MR) is 119 cm³/mol. The Morgan fingerprint density at radius 2 is 1.94 bits per heavy atom. The van der Waals surface area contributed by atoms with Gasteiger partial charge in [-0.1, -0.05) is 42.5 Å². The summed E-state index contributed by atoms with van der Waals surface area (Å²) in [5.74, 6) is 0.206. The van der Waals surface area contributed by atoms with Gasteiger partial charge in [-0.25, -0.2) is 4.39 Å². The zero-order valence-electron chi connectivity index (χ0n) is 17.3. The van der Waals surface area contributed by atoms with Gasteiger partial charge >= 0.3 is 0 Å². The number of nitrogens with one attached hydrogen (secondary N) is 1. The molecule has 1 N–H and O–H groups in total. The molecule has 4 aromatic rings. The van der Waals surface area contributed by atoms with E-state index in [1.807, 2.05) is 54.6 Å². The van der Waals surface area contributed by atoms with Gasteiger partial charge in [0.15, 0.2) is 5.82 Å². The number of tetrazole rings is 1. The van der Waals surface area contributed by atoms with E-state index in [0.717, 1.165) is 11.1 Å². The van der Waals surface area contributed by atoms with Gasteiger partial charge in [0.2, 0.25) is 5.91 Å². The Labute approximate surface area is 184 Å². The number of halogens is 1. The molecule has 0 saturated carbocycles. The standard InChI is InChI=1S/C24H20FN5O2/c1-17-27-28-29-30(17)20-11-12-22(25)23(15-20)26-24(31)13-10-18-8-5-9-21(14-18)32-16-19-6-3-2-4-7-19/h2-15H,16H2,1H3,(H,26,31)/b13-10+. The molecule has 0 fully saturated rings. The lowest BCUT2D eigenvalue weighted by Gasteiger charge is -2.08. The summed E-state index contributed by atoms with van der Waals surface area (Å²) in [7, 11) is 0. The summed E-state index contributed by atoms with van der Waals surface area (Å²) >= 11 is 0. The van der Waals surface area contributed by atoms with Crippen LogP contribution in [0.3, 0.4) is 0 Å². The Bertz CT molecular complexity index is 1250. The van der Waals surface area contributed by atoms with Gasteiger partial charge in [0.1, 0.15) is 18.2 Å². The highest BCUT2D eigenvalue weighted by Crippen LogP contribution is 2.20. The molecule has 0 atom stereocenters. The van der Waals surface area contributed by atoms with Gasteiger partial charge in [-0.05, 0) is 64.9 Å². The maximum absolute atomic E-state index is 14.2. The summed E-state index contributed by atoms with van der Waals surface area (Å²) in [6.45, 7) is 2.17. The van der Waals surface area contributed by atoms with Crippen LogP contribution >= 0.6 is 0 Å². The van der Waals surface area contributed by atoms with Gasteiger partial charge in [-0.15, -0.1) is 5.10 Å². The molecule has 0 aliphatic carbocycles. The van der Waals surface area contributed by atoms with Crippen LogP contribution in [0.4, 0.5) is 10.1 Å². The third-order valence-electron chi connectivity index (χ3n) is 4.61. The van der Waals surface area contributed by atoms with Crippen molar-refractivity contribution >= 4 is 17.7 Å². The number of aromatic nitrogens is 4. The Balaban J connectivity index is 1.41. The number of hydrogen-bond acceptors (Lipinski definition) is 5. The second kappa shape index (κ2) is 9.65. The Kier molecular flexibility index (Phi) is 6.31. The van der Waals surface area contributed by atoms with Crippen LogP contribution in [0.2, 0.25) is 0 Å². The van der Waals surface area contributed by atoms with Crippen LogP contribution in [0.15, 0.2) is 78.9 Å². The second-order valence-corrected chi connectivity index (χ2v) is 6.97. The number of rotatable bonds is 7. The minimum absolute atomic E-state index is 0.0343. The number of amides is 1. The molecule has 8 heteroatoms. The first-order valence-corrected chi connectivity index (χ1v) is 9.89.